The Morgan fingerprint density at radius 3 is 2.50 bits per heavy atom. The van der Waals surface area contributed by atoms with E-state index in [-0.39, 0.29) is 5.91 Å². The molecule has 3 heterocycles. The van der Waals surface area contributed by atoms with Gasteiger partial charge in [0, 0.05) is 24.0 Å². The van der Waals surface area contributed by atoms with Crippen molar-refractivity contribution in [3.63, 3.8) is 0 Å². The number of hydrogen-bond donors (Lipinski definition) is 1. The number of likely N-dealkylation sites (tertiary alicyclic amines) is 1. The average molecular weight is 399 g/mol. The fourth-order valence-electron chi connectivity index (χ4n) is 4.78. The van der Waals surface area contributed by atoms with Gasteiger partial charge in [0.25, 0.3) is 5.91 Å². The SMILES string of the molecule is Cc1ccc(-n2ncc(C(=O)N3CC[C@@H]4CNC[C@@H]4CC3)c2C2CC2)cc1Cl. The van der Waals surface area contributed by atoms with Crippen LogP contribution in [0.4, 0.5) is 0 Å². The molecule has 1 saturated carbocycles. The summed E-state index contributed by atoms with van der Waals surface area (Å²) >= 11 is 6.35. The van der Waals surface area contributed by atoms with Crippen LogP contribution in [0.15, 0.2) is 24.4 Å². The number of benzene rings is 1. The third-order valence-corrected chi connectivity index (χ3v) is 7.11. The van der Waals surface area contributed by atoms with Gasteiger partial charge in [-0.25, -0.2) is 4.68 Å². The second-order valence-corrected chi connectivity index (χ2v) is 9.02. The molecule has 1 aliphatic carbocycles. The van der Waals surface area contributed by atoms with Crippen LogP contribution in [0.5, 0.6) is 0 Å². The molecular formula is C22H27ClN4O. The van der Waals surface area contributed by atoms with Crippen LogP contribution in [-0.4, -0.2) is 46.8 Å². The average Bonchev–Trinajstić information content (AvgIpc) is 3.34. The predicted molar refractivity (Wildman–Crippen MR) is 110 cm³/mol. The summed E-state index contributed by atoms with van der Waals surface area (Å²) in [6.07, 6.45) is 6.23. The number of carbonyl (C=O) groups excluding carboxylic acids is 1. The van der Waals surface area contributed by atoms with Crippen LogP contribution in [0.2, 0.25) is 5.02 Å². The highest BCUT2D eigenvalue weighted by molar-refractivity contribution is 6.31. The van der Waals surface area contributed by atoms with Crippen molar-refractivity contribution in [2.75, 3.05) is 26.2 Å². The third-order valence-electron chi connectivity index (χ3n) is 6.71. The van der Waals surface area contributed by atoms with Crippen LogP contribution in [0.3, 0.4) is 0 Å². The minimum atomic E-state index is 0.152. The number of amides is 1. The maximum absolute atomic E-state index is 13.4. The summed E-state index contributed by atoms with van der Waals surface area (Å²) in [4.78, 5) is 15.5. The van der Waals surface area contributed by atoms with Crippen molar-refractivity contribution >= 4 is 17.5 Å². The molecule has 0 spiro atoms. The van der Waals surface area contributed by atoms with Crippen LogP contribution < -0.4 is 5.32 Å². The molecular weight excluding hydrogens is 372 g/mol. The summed E-state index contributed by atoms with van der Waals surface area (Å²) in [5.74, 6) is 2.02. The lowest BCUT2D eigenvalue weighted by Crippen LogP contribution is -2.33. The normalized spacial score (nSPS) is 24.9. The molecule has 2 aliphatic heterocycles. The molecule has 0 radical (unpaired) electrons. The number of nitrogens with one attached hydrogen (secondary N) is 1. The molecule has 2 atom stereocenters. The Bertz CT molecular complexity index is 890. The maximum atomic E-state index is 13.4. The van der Waals surface area contributed by atoms with Gasteiger partial charge in [-0.3, -0.25) is 4.79 Å². The number of aryl methyl sites for hydroxylation is 1. The highest BCUT2D eigenvalue weighted by Gasteiger charge is 2.36. The van der Waals surface area contributed by atoms with Gasteiger partial charge in [-0.15, -0.1) is 0 Å². The van der Waals surface area contributed by atoms with Gasteiger partial charge in [0.05, 0.1) is 23.1 Å². The van der Waals surface area contributed by atoms with Gasteiger partial charge in [-0.2, -0.15) is 5.10 Å². The van der Waals surface area contributed by atoms with Crippen LogP contribution in [0.25, 0.3) is 5.69 Å². The lowest BCUT2D eigenvalue weighted by atomic mass is 9.92. The standard InChI is InChI=1S/C22H27ClN4O/c1-14-2-5-18(10-20(14)23)27-21(15-3-4-15)19(13-25-27)22(28)26-8-6-16-11-24-12-17(16)7-9-26/h2,5,10,13,15-17,24H,3-4,6-9,11-12H2,1H3/t16-,17+. The van der Waals surface area contributed by atoms with Crippen molar-refractivity contribution in [3.8, 4) is 5.69 Å². The fourth-order valence-corrected chi connectivity index (χ4v) is 4.96. The number of carbonyl (C=O) groups is 1. The molecule has 0 unspecified atom stereocenters. The minimum Gasteiger partial charge on any atom is -0.339 e. The first-order chi connectivity index (χ1) is 13.6. The summed E-state index contributed by atoms with van der Waals surface area (Å²) < 4.78 is 1.94. The molecule has 1 aromatic carbocycles. The first-order valence-corrected chi connectivity index (χ1v) is 10.8. The zero-order valence-corrected chi connectivity index (χ0v) is 17.1. The topological polar surface area (TPSA) is 50.2 Å². The lowest BCUT2D eigenvalue weighted by Gasteiger charge is -2.21. The quantitative estimate of drug-likeness (QED) is 0.855. The monoisotopic (exact) mass is 398 g/mol. The molecule has 148 valence electrons. The fraction of sp³-hybridized carbons (Fsp3) is 0.545. The van der Waals surface area contributed by atoms with Crippen molar-refractivity contribution in [1.82, 2.24) is 20.0 Å². The van der Waals surface area contributed by atoms with Crippen molar-refractivity contribution in [2.45, 2.75) is 38.5 Å². The number of halogens is 1. The van der Waals surface area contributed by atoms with Gasteiger partial charge in [-0.1, -0.05) is 17.7 Å². The van der Waals surface area contributed by atoms with E-state index < -0.39 is 0 Å². The van der Waals surface area contributed by atoms with Crippen LogP contribution in [0.1, 0.15) is 53.2 Å². The van der Waals surface area contributed by atoms with Crippen molar-refractivity contribution in [2.24, 2.45) is 11.8 Å². The van der Waals surface area contributed by atoms with E-state index in [4.69, 9.17) is 11.6 Å². The van der Waals surface area contributed by atoms with Crippen molar-refractivity contribution < 1.29 is 4.79 Å². The van der Waals surface area contributed by atoms with E-state index in [0.29, 0.717) is 5.92 Å². The molecule has 1 N–H and O–H groups in total. The molecule has 5 nitrogen and oxygen atoms in total. The summed E-state index contributed by atoms with van der Waals surface area (Å²) in [5.41, 5.74) is 3.83. The molecule has 3 aliphatic rings. The second-order valence-electron chi connectivity index (χ2n) is 8.61. The van der Waals surface area contributed by atoms with E-state index in [1.165, 1.54) is 0 Å². The second kappa shape index (κ2) is 7.20. The Hall–Kier alpha value is -1.85. The van der Waals surface area contributed by atoms with Crippen molar-refractivity contribution in [1.29, 1.82) is 0 Å². The van der Waals surface area contributed by atoms with E-state index in [1.54, 1.807) is 6.20 Å². The van der Waals surface area contributed by atoms with Crippen LogP contribution in [-0.2, 0) is 0 Å². The molecule has 6 heteroatoms. The van der Waals surface area contributed by atoms with E-state index >= 15 is 0 Å². The predicted octanol–water partition coefficient (Wildman–Crippen LogP) is 3.78. The number of nitrogens with zero attached hydrogens (tertiary/aromatic N) is 3. The van der Waals surface area contributed by atoms with Gasteiger partial charge in [0.1, 0.15) is 0 Å². The number of aromatic nitrogens is 2. The first kappa shape index (κ1) is 18.2. The Morgan fingerprint density at radius 1 is 1.14 bits per heavy atom. The molecule has 2 aromatic rings. The lowest BCUT2D eigenvalue weighted by molar-refractivity contribution is 0.0757. The van der Waals surface area contributed by atoms with Crippen molar-refractivity contribution in [3.05, 3.63) is 46.2 Å². The minimum absolute atomic E-state index is 0.152. The Morgan fingerprint density at radius 2 is 1.86 bits per heavy atom. The maximum Gasteiger partial charge on any atom is 0.257 e. The van der Waals surface area contributed by atoms with Gasteiger partial charge in [-0.05, 0) is 75.2 Å². The number of rotatable bonds is 3. The molecule has 1 aromatic heterocycles. The summed E-state index contributed by atoms with van der Waals surface area (Å²) in [7, 11) is 0. The zero-order valence-electron chi connectivity index (χ0n) is 16.3. The van der Waals surface area contributed by atoms with Gasteiger partial charge < -0.3 is 10.2 Å². The summed E-state index contributed by atoms with van der Waals surface area (Å²) in [6, 6.07) is 6.00. The highest BCUT2D eigenvalue weighted by atomic mass is 35.5. The summed E-state index contributed by atoms with van der Waals surface area (Å²) in [6.45, 7) is 5.91. The Kier molecular flexibility index (Phi) is 4.68. The first-order valence-electron chi connectivity index (χ1n) is 10.5. The smallest absolute Gasteiger partial charge is 0.257 e. The number of hydrogen-bond acceptors (Lipinski definition) is 3. The Balaban J connectivity index is 1.44. The Labute approximate surface area is 171 Å². The molecule has 0 bridgehead atoms. The van der Waals surface area contributed by atoms with Crippen LogP contribution >= 0.6 is 11.6 Å². The van der Waals surface area contributed by atoms with E-state index in [1.807, 2.05) is 29.8 Å². The highest BCUT2D eigenvalue weighted by Crippen LogP contribution is 2.43. The van der Waals surface area contributed by atoms with Gasteiger partial charge in [0.15, 0.2) is 0 Å². The molecule has 28 heavy (non-hydrogen) atoms. The summed E-state index contributed by atoms with van der Waals surface area (Å²) in [5, 5.41) is 8.85. The number of fused-ring (bicyclic) bond motifs is 1. The van der Waals surface area contributed by atoms with E-state index in [2.05, 4.69) is 15.3 Å². The molecule has 3 fully saturated rings. The molecule has 2 saturated heterocycles. The zero-order chi connectivity index (χ0) is 19.3. The van der Waals surface area contributed by atoms with Gasteiger partial charge in [0.2, 0.25) is 0 Å². The molecule has 1 amide bonds. The van der Waals surface area contributed by atoms with E-state index in [9.17, 15) is 4.79 Å². The van der Waals surface area contributed by atoms with E-state index in [0.717, 1.165) is 91.2 Å². The largest absolute Gasteiger partial charge is 0.339 e. The van der Waals surface area contributed by atoms with Gasteiger partial charge >= 0.3 is 0 Å². The molecule has 5 rings (SSSR count). The third kappa shape index (κ3) is 3.25. The van der Waals surface area contributed by atoms with Crippen LogP contribution in [0, 0.1) is 18.8 Å².